The number of unbranched alkanes of at least 4 members (excludes halogenated alkanes) is 6. The quantitative estimate of drug-likeness (QED) is 0.546. The average molecular weight is 268 g/mol. The molecule has 4 atom stereocenters. The molecule has 1 aliphatic rings. The standard InChI is InChI=1S/C18H37N/c1-4-5-6-7-8-9-10-11-18(19)17-13-12-15(2)16(3)14-17/h15-18H,4-14,19H2,1-3H3. The third-order valence-electron chi connectivity index (χ3n) is 5.39. The van der Waals surface area contributed by atoms with E-state index in [-0.39, 0.29) is 0 Å². The summed E-state index contributed by atoms with van der Waals surface area (Å²) in [7, 11) is 0. The van der Waals surface area contributed by atoms with Crippen molar-refractivity contribution in [3.63, 3.8) is 0 Å². The third-order valence-corrected chi connectivity index (χ3v) is 5.39. The lowest BCUT2D eigenvalue weighted by molar-refractivity contribution is 0.180. The Morgan fingerprint density at radius 3 is 2.16 bits per heavy atom. The van der Waals surface area contributed by atoms with E-state index < -0.39 is 0 Å². The molecule has 0 aromatic rings. The van der Waals surface area contributed by atoms with Gasteiger partial charge in [-0.25, -0.2) is 0 Å². The molecule has 0 bridgehead atoms. The Bertz CT molecular complexity index is 214. The summed E-state index contributed by atoms with van der Waals surface area (Å²) in [6.07, 6.45) is 15.2. The Hall–Kier alpha value is -0.0400. The van der Waals surface area contributed by atoms with Crippen LogP contribution >= 0.6 is 0 Å². The molecular formula is C18H37N. The fourth-order valence-corrected chi connectivity index (χ4v) is 3.55. The molecule has 4 unspecified atom stereocenters. The van der Waals surface area contributed by atoms with Crippen LogP contribution in [0.15, 0.2) is 0 Å². The van der Waals surface area contributed by atoms with Crippen molar-refractivity contribution >= 4 is 0 Å². The van der Waals surface area contributed by atoms with Gasteiger partial charge in [0.1, 0.15) is 0 Å². The minimum Gasteiger partial charge on any atom is -0.327 e. The van der Waals surface area contributed by atoms with Gasteiger partial charge in [-0.1, -0.05) is 72.1 Å². The molecule has 0 aliphatic heterocycles. The average Bonchev–Trinajstić information content (AvgIpc) is 2.40. The van der Waals surface area contributed by atoms with Crippen LogP contribution in [0.3, 0.4) is 0 Å². The molecule has 114 valence electrons. The molecule has 0 aromatic carbocycles. The Kier molecular flexibility index (Phi) is 8.77. The summed E-state index contributed by atoms with van der Waals surface area (Å²) in [5, 5.41) is 0. The molecule has 0 amide bonds. The van der Waals surface area contributed by atoms with Crippen LogP contribution in [0.25, 0.3) is 0 Å². The molecule has 2 N–H and O–H groups in total. The zero-order chi connectivity index (χ0) is 14.1. The van der Waals surface area contributed by atoms with E-state index >= 15 is 0 Å². The normalized spacial score (nSPS) is 29.4. The van der Waals surface area contributed by atoms with Crippen LogP contribution in [-0.4, -0.2) is 6.04 Å². The summed E-state index contributed by atoms with van der Waals surface area (Å²) in [6, 6.07) is 0.477. The number of rotatable bonds is 9. The van der Waals surface area contributed by atoms with E-state index in [9.17, 15) is 0 Å². The molecule has 0 saturated heterocycles. The van der Waals surface area contributed by atoms with Crippen LogP contribution in [0.4, 0.5) is 0 Å². The summed E-state index contributed by atoms with van der Waals surface area (Å²) in [5.41, 5.74) is 6.42. The van der Waals surface area contributed by atoms with Crippen LogP contribution in [0.2, 0.25) is 0 Å². The highest BCUT2D eigenvalue weighted by Crippen LogP contribution is 2.35. The largest absolute Gasteiger partial charge is 0.327 e. The third kappa shape index (κ3) is 6.79. The maximum absolute atomic E-state index is 6.42. The molecule has 1 saturated carbocycles. The smallest absolute Gasteiger partial charge is 0.00672 e. The first-order valence-electron chi connectivity index (χ1n) is 8.90. The number of hydrogen-bond acceptors (Lipinski definition) is 1. The van der Waals surface area contributed by atoms with Crippen LogP contribution < -0.4 is 5.73 Å². The van der Waals surface area contributed by atoms with Gasteiger partial charge in [-0.3, -0.25) is 0 Å². The van der Waals surface area contributed by atoms with Gasteiger partial charge < -0.3 is 5.73 Å². The van der Waals surface area contributed by atoms with Gasteiger partial charge in [-0.15, -0.1) is 0 Å². The van der Waals surface area contributed by atoms with Crippen molar-refractivity contribution in [2.45, 2.75) is 97.4 Å². The molecule has 0 radical (unpaired) electrons. The molecule has 1 nitrogen and oxygen atoms in total. The second kappa shape index (κ2) is 9.80. The molecule has 0 aromatic heterocycles. The lowest BCUT2D eigenvalue weighted by atomic mass is 9.72. The van der Waals surface area contributed by atoms with Crippen LogP contribution in [0.5, 0.6) is 0 Å². The first-order chi connectivity index (χ1) is 9.15. The first-order valence-corrected chi connectivity index (χ1v) is 8.90. The van der Waals surface area contributed by atoms with E-state index in [4.69, 9.17) is 5.73 Å². The van der Waals surface area contributed by atoms with Gasteiger partial charge in [0.05, 0.1) is 0 Å². The minimum absolute atomic E-state index is 0.477. The van der Waals surface area contributed by atoms with E-state index in [1.54, 1.807) is 0 Å². The van der Waals surface area contributed by atoms with E-state index in [0.29, 0.717) is 6.04 Å². The molecule has 19 heavy (non-hydrogen) atoms. The lowest BCUT2D eigenvalue weighted by Gasteiger charge is -2.35. The predicted molar refractivity (Wildman–Crippen MR) is 86.3 cm³/mol. The van der Waals surface area contributed by atoms with Gasteiger partial charge in [0, 0.05) is 6.04 Å². The molecular weight excluding hydrogens is 230 g/mol. The maximum atomic E-state index is 6.42. The highest BCUT2D eigenvalue weighted by atomic mass is 14.7. The van der Waals surface area contributed by atoms with Crippen molar-refractivity contribution in [3.05, 3.63) is 0 Å². The second-order valence-corrected chi connectivity index (χ2v) is 7.10. The number of hydrogen-bond donors (Lipinski definition) is 1. The van der Waals surface area contributed by atoms with E-state index in [1.165, 1.54) is 70.6 Å². The van der Waals surface area contributed by atoms with Gasteiger partial charge in [-0.2, -0.15) is 0 Å². The Labute approximate surface area is 121 Å². The topological polar surface area (TPSA) is 26.0 Å². The first kappa shape index (κ1) is 17.0. The zero-order valence-corrected chi connectivity index (χ0v) is 13.7. The Morgan fingerprint density at radius 2 is 1.53 bits per heavy atom. The van der Waals surface area contributed by atoms with Crippen molar-refractivity contribution in [2.75, 3.05) is 0 Å². The molecule has 1 rings (SSSR count). The molecule has 0 heterocycles. The van der Waals surface area contributed by atoms with Gasteiger partial charge in [-0.05, 0) is 37.0 Å². The second-order valence-electron chi connectivity index (χ2n) is 7.10. The minimum atomic E-state index is 0.477. The van der Waals surface area contributed by atoms with Gasteiger partial charge in [0.25, 0.3) is 0 Å². The lowest BCUT2D eigenvalue weighted by Crippen LogP contribution is -2.35. The SMILES string of the molecule is CCCCCCCCCC(N)C1CCC(C)C(C)C1. The van der Waals surface area contributed by atoms with Gasteiger partial charge in [0.2, 0.25) is 0 Å². The fourth-order valence-electron chi connectivity index (χ4n) is 3.55. The molecule has 1 aliphatic carbocycles. The van der Waals surface area contributed by atoms with Crippen LogP contribution in [0, 0.1) is 17.8 Å². The summed E-state index contributed by atoms with van der Waals surface area (Å²) in [4.78, 5) is 0. The Balaban J connectivity index is 2.03. The van der Waals surface area contributed by atoms with Gasteiger partial charge in [0.15, 0.2) is 0 Å². The van der Waals surface area contributed by atoms with Crippen molar-refractivity contribution < 1.29 is 0 Å². The predicted octanol–water partition coefficient (Wildman–Crippen LogP) is 5.53. The van der Waals surface area contributed by atoms with E-state index in [0.717, 1.165) is 17.8 Å². The highest BCUT2D eigenvalue weighted by molar-refractivity contribution is 4.81. The summed E-state index contributed by atoms with van der Waals surface area (Å²) < 4.78 is 0. The van der Waals surface area contributed by atoms with E-state index in [1.807, 2.05) is 0 Å². The van der Waals surface area contributed by atoms with Crippen molar-refractivity contribution in [1.29, 1.82) is 0 Å². The number of nitrogens with two attached hydrogens (primary N) is 1. The zero-order valence-electron chi connectivity index (χ0n) is 13.7. The molecule has 1 heteroatoms. The fraction of sp³-hybridized carbons (Fsp3) is 1.00. The summed E-state index contributed by atoms with van der Waals surface area (Å²) >= 11 is 0. The summed E-state index contributed by atoms with van der Waals surface area (Å²) in [6.45, 7) is 7.10. The van der Waals surface area contributed by atoms with Crippen LogP contribution in [0.1, 0.15) is 91.4 Å². The van der Waals surface area contributed by atoms with Gasteiger partial charge >= 0.3 is 0 Å². The molecule has 0 spiro atoms. The highest BCUT2D eigenvalue weighted by Gasteiger charge is 2.27. The van der Waals surface area contributed by atoms with E-state index in [2.05, 4.69) is 20.8 Å². The van der Waals surface area contributed by atoms with Crippen molar-refractivity contribution in [1.82, 2.24) is 0 Å². The summed E-state index contributed by atoms with van der Waals surface area (Å²) in [5.74, 6) is 2.62. The monoisotopic (exact) mass is 267 g/mol. The maximum Gasteiger partial charge on any atom is 0.00672 e. The van der Waals surface area contributed by atoms with Crippen molar-refractivity contribution in [3.8, 4) is 0 Å². The Morgan fingerprint density at radius 1 is 0.895 bits per heavy atom. The van der Waals surface area contributed by atoms with Crippen molar-refractivity contribution in [2.24, 2.45) is 23.5 Å². The van der Waals surface area contributed by atoms with Crippen LogP contribution in [-0.2, 0) is 0 Å². The molecule has 1 fully saturated rings.